The van der Waals surface area contributed by atoms with Crippen molar-refractivity contribution in [1.82, 2.24) is 4.98 Å². The van der Waals surface area contributed by atoms with Crippen LogP contribution in [0.3, 0.4) is 0 Å². The molecule has 1 aromatic heterocycles. The van der Waals surface area contributed by atoms with E-state index >= 15 is 0 Å². The van der Waals surface area contributed by atoms with Gasteiger partial charge in [-0.05, 0) is 18.9 Å². The summed E-state index contributed by atoms with van der Waals surface area (Å²) in [7, 11) is 0. The van der Waals surface area contributed by atoms with E-state index in [1.165, 1.54) is 0 Å². The molecule has 2 rings (SSSR count). The van der Waals surface area contributed by atoms with Gasteiger partial charge in [-0.3, -0.25) is 4.98 Å². The summed E-state index contributed by atoms with van der Waals surface area (Å²) in [6, 6.07) is 4.00. The van der Waals surface area contributed by atoms with E-state index in [1.54, 1.807) is 18.5 Å². The Hall–Kier alpha value is -1.60. The normalized spacial score (nSPS) is 20.3. The maximum atomic E-state index is 9.22. The number of hydrogen-bond acceptors (Lipinski definition) is 4. The van der Waals surface area contributed by atoms with E-state index in [2.05, 4.69) is 16.0 Å². The zero-order chi connectivity index (χ0) is 10.7. The van der Waals surface area contributed by atoms with Crippen molar-refractivity contribution in [2.45, 2.75) is 18.9 Å². The second-order valence-corrected chi connectivity index (χ2v) is 3.68. The topological polar surface area (TPSA) is 60.2 Å². The standard InChI is InChI=1S/C11H13N3O/c12-6-9-3-4-13-7-11(9)14-5-1-2-10(14)8-15/h3-4,7,10,15H,1-2,5,8H2. The minimum absolute atomic E-state index is 0.139. The summed E-state index contributed by atoms with van der Waals surface area (Å²) in [5.41, 5.74) is 1.47. The fourth-order valence-corrected chi connectivity index (χ4v) is 2.05. The van der Waals surface area contributed by atoms with Gasteiger partial charge in [-0.2, -0.15) is 5.26 Å². The molecule has 0 bridgehead atoms. The van der Waals surface area contributed by atoms with Crippen molar-refractivity contribution >= 4 is 5.69 Å². The van der Waals surface area contributed by atoms with E-state index in [1.807, 2.05) is 0 Å². The molecule has 1 N–H and O–H groups in total. The molecule has 0 spiro atoms. The molecule has 2 heterocycles. The van der Waals surface area contributed by atoms with Gasteiger partial charge in [0.2, 0.25) is 0 Å². The zero-order valence-corrected chi connectivity index (χ0v) is 8.43. The molecule has 1 aliphatic heterocycles. The van der Waals surface area contributed by atoms with E-state index < -0.39 is 0 Å². The predicted molar refractivity (Wildman–Crippen MR) is 56.4 cm³/mol. The highest BCUT2D eigenvalue weighted by Crippen LogP contribution is 2.27. The Kier molecular flexibility index (Phi) is 2.84. The summed E-state index contributed by atoms with van der Waals surface area (Å²) in [6.07, 6.45) is 5.36. The molecular weight excluding hydrogens is 190 g/mol. The number of hydrogen-bond donors (Lipinski definition) is 1. The molecule has 1 saturated heterocycles. The molecule has 4 nitrogen and oxygen atoms in total. The van der Waals surface area contributed by atoms with Gasteiger partial charge < -0.3 is 10.0 Å². The highest BCUT2D eigenvalue weighted by atomic mass is 16.3. The molecule has 0 aliphatic carbocycles. The summed E-state index contributed by atoms with van der Waals surface area (Å²) in [5, 5.41) is 18.2. The predicted octanol–water partition coefficient (Wildman–Crippen LogP) is 0.914. The van der Waals surface area contributed by atoms with E-state index in [4.69, 9.17) is 5.26 Å². The number of aliphatic hydroxyl groups excluding tert-OH is 1. The summed E-state index contributed by atoms with van der Waals surface area (Å²) in [6.45, 7) is 1.03. The van der Waals surface area contributed by atoms with Crippen molar-refractivity contribution in [2.24, 2.45) is 0 Å². The fraction of sp³-hybridized carbons (Fsp3) is 0.455. The van der Waals surface area contributed by atoms with Gasteiger partial charge in [-0.15, -0.1) is 0 Å². The number of aliphatic hydroxyl groups is 1. The molecule has 1 aliphatic rings. The first-order valence-corrected chi connectivity index (χ1v) is 5.08. The van der Waals surface area contributed by atoms with Gasteiger partial charge in [-0.25, -0.2) is 0 Å². The Morgan fingerprint density at radius 2 is 2.53 bits per heavy atom. The van der Waals surface area contributed by atoms with Crippen molar-refractivity contribution in [2.75, 3.05) is 18.1 Å². The van der Waals surface area contributed by atoms with Gasteiger partial charge in [0.15, 0.2) is 0 Å². The van der Waals surface area contributed by atoms with Crippen LogP contribution in [0.25, 0.3) is 0 Å². The quantitative estimate of drug-likeness (QED) is 0.776. The molecule has 1 aromatic rings. The first-order valence-electron chi connectivity index (χ1n) is 5.08. The Balaban J connectivity index is 2.33. The number of rotatable bonds is 2. The van der Waals surface area contributed by atoms with Gasteiger partial charge in [0, 0.05) is 12.7 Å². The molecular formula is C11H13N3O. The molecule has 0 saturated carbocycles. The van der Waals surface area contributed by atoms with E-state index in [0.29, 0.717) is 5.56 Å². The lowest BCUT2D eigenvalue weighted by Crippen LogP contribution is -2.32. The molecule has 1 atom stereocenters. The minimum atomic E-state index is 0.139. The summed E-state index contributed by atoms with van der Waals surface area (Å²) in [5.74, 6) is 0. The molecule has 0 aromatic carbocycles. The average molecular weight is 203 g/mol. The third-order valence-corrected chi connectivity index (χ3v) is 2.82. The van der Waals surface area contributed by atoms with Crippen molar-refractivity contribution in [3.63, 3.8) is 0 Å². The maximum Gasteiger partial charge on any atom is 0.101 e. The van der Waals surface area contributed by atoms with Crippen molar-refractivity contribution < 1.29 is 5.11 Å². The van der Waals surface area contributed by atoms with Crippen LogP contribution in [0.2, 0.25) is 0 Å². The van der Waals surface area contributed by atoms with Crippen LogP contribution < -0.4 is 4.90 Å². The Morgan fingerprint density at radius 3 is 3.27 bits per heavy atom. The van der Waals surface area contributed by atoms with Gasteiger partial charge in [0.1, 0.15) is 6.07 Å². The van der Waals surface area contributed by atoms with Crippen LogP contribution in [0.4, 0.5) is 5.69 Å². The van der Waals surface area contributed by atoms with Gasteiger partial charge in [0.05, 0.1) is 30.1 Å². The SMILES string of the molecule is N#Cc1ccncc1N1CCCC1CO. The largest absolute Gasteiger partial charge is 0.394 e. The van der Waals surface area contributed by atoms with E-state index in [0.717, 1.165) is 25.1 Å². The van der Waals surface area contributed by atoms with Crippen LogP contribution in [0.5, 0.6) is 0 Å². The second-order valence-electron chi connectivity index (χ2n) is 3.68. The fourth-order valence-electron chi connectivity index (χ4n) is 2.05. The first-order chi connectivity index (χ1) is 7.36. The van der Waals surface area contributed by atoms with Gasteiger partial charge in [-0.1, -0.05) is 0 Å². The molecule has 1 unspecified atom stereocenters. The first kappa shape index (κ1) is 9.94. The average Bonchev–Trinajstić information content (AvgIpc) is 2.76. The molecule has 0 radical (unpaired) electrons. The van der Waals surface area contributed by atoms with Crippen molar-refractivity contribution in [1.29, 1.82) is 5.26 Å². The number of nitrogens with zero attached hydrogens (tertiary/aromatic N) is 3. The van der Waals surface area contributed by atoms with Gasteiger partial charge in [0.25, 0.3) is 0 Å². The van der Waals surface area contributed by atoms with Crippen LogP contribution >= 0.6 is 0 Å². The Labute approximate surface area is 88.8 Å². The number of pyridine rings is 1. The zero-order valence-electron chi connectivity index (χ0n) is 8.43. The second kappa shape index (κ2) is 4.28. The van der Waals surface area contributed by atoms with Crippen molar-refractivity contribution in [3.05, 3.63) is 24.0 Å². The lowest BCUT2D eigenvalue weighted by atomic mass is 10.2. The van der Waals surface area contributed by atoms with Crippen LogP contribution in [-0.2, 0) is 0 Å². The van der Waals surface area contributed by atoms with Crippen LogP contribution in [0, 0.1) is 11.3 Å². The minimum Gasteiger partial charge on any atom is -0.394 e. The van der Waals surface area contributed by atoms with Crippen LogP contribution in [0.15, 0.2) is 18.5 Å². The monoisotopic (exact) mass is 203 g/mol. The molecule has 78 valence electrons. The van der Waals surface area contributed by atoms with Crippen LogP contribution in [-0.4, -0.2) is 29.3 Å². The summed E-state index contributed by atoms with van der Waals surface area (Å²) >= 11 is 0. The third-order valence-electron chi connectivity index (χ3n) is 2.82. The smallest absolute Gasteiger partial charge is 0.101 e. The molecule has 15 heavy (non-hydrogen) atoms. The van der Waals surface area contributed by atoms with Gasteiger partial charge >= 0.3 is 0 Å². The molecule has 0 amide bonds. The Bertz CT molecular complexity index is 386. The maximum absolute atomic E-state index is 9.22. The third kappa shape index (κ3) is 1.79. The van der Waals surface area contributed by atoms with Crippen molar-refractivity contribution in [3.8, 4) is 6.07 Å². The van der Waals surface area contributed by atoms with E-state index in [-0.39, 0.29) is 12.6 Å². The number of aromatic nitrogens is 1. The Morgan fingerprint density at radius 1 is 1.67 bits per heavy atom. The number of nitriles is 1. The molecule has 1 fully saturated rings. The molecule has 4 heteroatoms. The summed E-state index contributed by atoms with van der Waals surface area (Å²) < 4.78 is 0. The van der Waals surface area contributed by atoms with Crippen LogP contribution in [0.1, 0.15) is 18.4 Å². The van der Waals surface area contributed by atoms with E-state index in [9.17, 15) is 5.11 Å². The number of anilines is 1. The lowest BCUT2D eigenvalue weighted by Gasteiger charge is -2.25. The summed E-state index contributed by atoms with van der Waals surface area (Å²) in [4.78, 5) is 6.11. The highest BCUT2D eigenvalue weighted by Gasteiger charge is 2.25. The highest BCUT2D eigenvalue weighted by molar-refractivity contribution is 5.58. The lowest BCUT2D eigenvalue weighted by molar-refractivity contribution is 0.266.